The van der Waals surface area contributed by atoms with Gasteiger partial charge in [0.25, 0.3) is 5.91 Å². The molecule has 1 fully saturated rings. The van der Waals surface area contributed by atoms with Crippen LogP contribution in [0.5, 0.6) is 11.5 Å². The lowest BCUT2D eigenvalue weighted by Gasteiger charge is -2.37. The van der Waals surface area contributed by atoms with Crippen LogP contribution in [0.15, 0.2) is 42.5 Å². The third-order valence-corrected chi connectivity index (χ3v) is 4.64. The molecule has 2 aromatic carbocycles. The molecular weight excluding hydrogens is 335 g/mol. The topological polar surface area (TPSA) is 42.0 Å². The van der Waals surface area contributed by atoms with E-state index in [1.54, 1.807) is 38.5 Å². The lowest BCUT2D eigenvalue weighted by molar-refractivity contribution is 0.0746. The van der Waals surface area contributed by atoms with Crippen LogP contribution in [0.2, 0.25) is 0 Å². The summed E-state index contributed by atoms with van der Waals surface area (Å²) >= 11 is 0. The van der Waals surface area contributed by atoms with E-state index >= 15 is 0 Å². The summed E-state index contributed by atoms with van der Waals surface area (Å²) in [5.74, 6) is 1.12. The monoisotopic (exact) mass is 358 g/mol. The molecule has 0 unspecified atom stereocenters. The maximum absolute atomic E-state index is 13.2. The third kappa shape index (κ3) is 3.74. The number of anilines is 1. The molecule has 1 aliphatic rings. The highest BCUT2D eigenvalue weighted by molar-refractivity contribution is 5.95. The van der Waals surface area contributed by atoms with Crippen LogP contribution in [0, 0.1) is 0 Å². The minimum absolute atomic E-state index is 0.0550. The number of alkyl halides is 1. The minimum Gasteiger partial charge on any atom is -0.497 e. The molecule has 0 radical (unpaired) electrons. The molecule has 6 heteroatoms. The van der Waals surface area contributed by atoms with Crippen molar-refractivity contribution < 1.29 is 18.7 Å². The number of carbonyl (C=O) groups is 1. The molecule has 0 spiro atoms. The smallest absolute Gasteiger partial charge is 0.254 e. The SMILES string of the molecule is COc1cc(OC)cc(C(=O)N2CCN(c3ccccc3CF)CC2)c1. The zero-order valence-corrected chi connectivity index (χ0v) is 15.1. The summed E-state index contributed by atoms with van der Waals surface area (Å²) < 4.78 is 23.7. The normalized spacial score (nSPS) is 14.3. The molecule has 5 nitrogen and oxygen atoms in total. The Morgan fingerprint density at radius 1 is 1.00 bits per heavy atom. The molecule has 0 bridgehead atoms. The lowest BCUT2D eigenvalue weighted by atomic mass is 10.1. The molecule has 3 rings (SSSR count). The Kier molecular flexibility index (Phi) is 5.61. The maximum Gasteiger partial charge on any atom is 0.254 e. The van der Waals surface area contributed by atoms with E-state index in [2.05, 4.69) is 4.90 Å². The highest BCUT2D eigenvalue weighted by Crippen LogP contribution is 2.25. The fraction of sp³-hybridized carbons (Fsp3) is 0.350. The van der Waals surface area contributed by atoms with Crippen LogP contribution in [0.1, 0.15) is 15.9 Å². The van der Waals surface area contributed by atoms with Crippen LogP contribution in [0.4, 0.5) is 10.1 Å². The fourth-order valence-corrected chi connectivity index (χ4v) is 3.20. The number of hydrogen-bond donors (Lipinski definition) is 0. The molecular formula is C20H23FN2O3. The summed E-state index contributed by atoms with van der Waals surface area (Å²) in [6.07, 6.45) is 0. The van der Waals surface area contributed by atoms with Crippen molar-refractivity contribution in [1.82, 2.24) is 4.90 Å². The van der Waals surface area contributed by atoms with Gasteiger partial charge in [-0.3, -0.25) is 4.79 Å². The molecule has 0 N–H and O–H groups in total. The number of hydrogen-bond acceptors (Lipinski definition) is 4. The van der Waals surface area contributed by atoms with Crippen molar-refractivity contribution in [3.8, 4) is 11.5 Å². The van der Waals surface area contributed by atoms with Crippen LogP contribution in [-0.4, -0.2) is 51.2 Å². The first-order valence-electron chi connectivity index (χ1n) is 8.57. The standard InChI is InChI=1S/C20H23FN2O3/c1-25-17-11-16(12-18(13-17)26-2)20(24)23-9-7-22(8-10-23)19-6-4-3-5-15(19)14-21/h3-6,11-13H,7-10,14H2,1-2H3. The van der Waals surface area contributed by atoms with Gasteiger partial charge in [-0.05, 0) is 18.2 Å². The molecule has 1 heterocycles. The Hall–Kier alpha value is -2.76. The van der Waals surface area contributed by atoms with Crippen molar-refractivity contribution in [3.05, 3.63) is 53.6 Å². The van der Waals surface area contributed by atoms with Gasteiger partial charge in [0.2, 0.25) is 0 Å². The van der Waals surface area contributed by atoms with Gasteiger partial charge in [0.05, 0.1) is 14.2 Å². The summed E-state index contributed by atoms with van der Waals surface area (Å²) in [6, 6.07) is 12.7. The van der Waals surface area contributed by atoms with Crippen molar-refractivity contribution in [1.29, 1.82) is 0 Å². The number of halogens is 1. The minimum atomic E-state index is -0.487. The summed E-state index contributed by atoms with van der Waals surface area (Å²) in [4.78, 5) is 16.8. The van der Waals surface area contributed by atoms with E-state index in [9.17, 15) is 9.18 Å². The number of carbonyl (C=O) groups excluding carboxylic acids is 1. The van der Waals surface area contributed by atoms with Gasteiger partial charge in [-0.15, -0.1) is 0 Å². The van der Waals surface area contributed by atoms with Crippen LogP contribution >= 0.6 is 0 Å². The number of para-hydroxylation sites is 1. The van der Waals surface area contributed by atoms with Crippen LogP contribution in [0.3, 0.4) is 0 Å². The van der Waals surface area contributed by atoms with Crippen molar-refractivity contribution in [2.75, 3.05) is 45.3 Å². The molecule has 1 aliphatic heterocycles. The maximum atomic E-state index is 13.2. The van der Waals surface area contributed by atoms with Crippen molar-refractivity contribution in [3.63, 3.8) is 0 Å². The summed E-state index contributed by atoms with van der Waals surface area (Å²) in [6.45, 7) is 2.02. The lowest BCUT2D eigenvalue weighted by Crippen LogP contribution is -2.49. The van der Waals surface area contributed by atoms with E-state index in [-0.39, 0.29) is 5.91 Å². The predicted molar refractivity (Wildman–Crippen MR) is 98.9 cm³/mol. The number of benzene rings is 2. The third-order valence-electron chi connectivity index (χ3n) is 4.64. The van der Waals surface area contributed by atoms with Crippen LogP contribution in [0.25, 0.3) is 0 Å². The summed E-state index contributed by atoms with van der Waals surface area (Å²) in [7, 11) is 3.12. The zero-order chi connectivity index (χ0) is 18.5. The number of methoxy groups -OCH3 is 2. The van der Waals surface area contributed by atoms with Gasteiger partial charge in [0.15, 0.2) is 0 Å². The van der Waals surface area contributed by atoms with Crippen LogP contribution in [-0.2, 0) is 6.67 Å². The molecule has 138 valence electrons. The second-order valence-electron chi connectivity index (χ2n) is 6.14. The highest BCUT2D eigenvalue weighted by Gasteiger charge is 2.24. The predicted octanol–water partition coefficient (Wildman–Crippen LogP) is 3.14. The first kappa shape index (κ1) is 18.0. The van der Waals surface area contributed by atoms with Gasteiger partial charge in [-0.25, -0.2) is 4.39 Å². The van der Waals surface area contributed by atoms with Crippen LogP contribution < -0.4 is 14.4 Å². The molecule has 0 saturated carbocycles. The van der Waals surface area contributed by atoms with E-state index in [0.717, 1.165) is 5.69 Å². The molecule has 1 amide bonds. The first-order valence-corrected chi connectivity index (χ1v) is 8.57. The molecule has 1 saturated heterocycles. The number of ether oxygens (including phenoxy) is 2. The Morgan fingerprint density at radius 3 is 2.19 bits per heavy atom. The highest BCUT2D eigenvalue weighted by atomic mass is 19.1. The molecule has 0 atom stereocenters. The van der Waals surface area contributed by atoms with E-state index in [1.807, 2.05) is 23.1 Å². The first-order chi connectivity index (χ1) is 12.7. The Bertz CT molecular complexity index is 751. The van der Waals surface area contributed by atoms with Gasteiger partial charge >= 0.3 is 0 Å². The number of nitrogens with zero attached hydrogens (tertiary/aromatic N) is 2. The van der Waals surface area contributed by atoms with Gasteiger partial charge in [0.1, 0.15) is 18.2 Å². The molecule has 0 aromatic heterocycles. The van der Waals surface area contributed by atoms with Crippen molar-refractivity contribution in [2.24, 2.45) is 0 Å². The Labute approximate surface area is 152 Å². The van der Waals surface area contributed by atoms with E-state index in [1.165, 1.54) is 0 Å². The van der Waals surface area contributed by atoms with Gasteiger partial charge in [-0.2, -0.15) is 0 Å². The van der Waals surface area contributed by atoms with E-state index < -0.39 is 6.67 Å². The second kappa shape index (κ2) is 8.08. The average molecular weight is 358 g/mol. The van der Waals surface area contributed by atoms with Crippen molar-refractivity contribution >= 4 is 11.6 Å². The second-order valence-corrected chi connectivity index (χ2v) is 6.14. The summed E-state index contributed by atoms with van der Waals surface area (Å²) in [5.41, 5.74) is 2.13. The summed E-state index contributed by atoms with van der Waals surface area (Å²) in [5, 5.41) is 0. The molecule has 2 aromatic rings. The van der Waals surface area contributed by atoms with Gasteiger partial charge < -0.3 is 19.3 Å². The van der Waals surface area contributed by atoms with Gasteiger partial charge in [-0.1, -0.05) is 18.2 Å². The number of piperazine rings is 1. The zero-order valence-electron chi connectivity index (χ0n) is 15.1. The Morgan fingerprint density at radius 2 is 1.62 bits per heavy atom. The largest absolute Gasteiger partial charge is 0.497 e. The van der Waals surface area contributed by atoms with Gasteiger partial charge in [0, 0.05) is 49.1 Å². The Balaban J connectivity index is 1.71. The molecule has 0 aliphatic carbocycles. The fourth-order valence-electron chi connectivity index (χ4n) is 3.20. The number of amides is 1. The van der Waals surface area contributed by atoms with Crippen molar-refractivity contribution in [2.45, 2.75) is 6.67 Å². The van der Waals surface area contributed by atoms with E-state index in [0.29, 0.717) is 48.8 Å². The molecule has 26 heavy (non-hydrogen) atoms. The average Bonchev–Trinajstić information content (AvgIpc) is 2.72. The number of rotatable bonds is 5. The quantitative estimate of drug-likeness (QED) is 0.824. The van der Waals surface area contributed by atoms with E-state index in [4.69, 9.17) is 9.47 Å².